The molecule has 1 atom stereocenters. The number of aliphatic hydroxyl groups excluding tert-OH is 1. The second-order valence-corrected chi connectivity index (χ2v) is 1.73. The molecule has 0 heterocycles. The first-order chi connectivity index (χ1) is 4.22. The van der Waals surface area contributed by atoms with Crippen molar-refractivity contribution in [2.24, 2.45) is 0 Å². The summed E-state index contributed by atoms with van der Waals surface area (Å²) >= 11 is 0. The molecular formula is C3H6NO4P. The zero-order valence-corrected chi connectivity index (χ0v) is 5.34. The Morgan fingerprint density at radius 2 is 2.33 bits per heavy atom. The fourth-order valence-corrected chi connectivity index (χ4v) is 0.557. The highest BCUT2D eigenvalue weighted by Crippen LogP contribution is 1.88. The quantitative estimate of drug-likeness (QED) is 0.459. The molecule has 0 aliphatic heterocycles. The summed E-state index contributed by atoms with van der Waals surface area (Å²) < 4.78 is 9.69. The molecule has 0 radical (unpaired) electrons. The highest BCUT2D eigenvalue weighted by molar-refractivity contribution is 7.21. The van der Waals surface area contributed by atoms with Crippen molar-refractivity contribution in [3.05, 3.63) is 0 Å². The second kappa shape index (κ2) is 4.38. The van der Waals surface area contributed by atoms with Gasteiger partial charge in [-0.2, -0.15) is 0 Å². The Hall–Kier alpha value is -0.510. The van der Waals surface area contributed by atoms with E-state index in [4.69, 9.17) is 10.2 Å². The molecule has 0 saturated heterocycles. The standard InChI is InChI=1S/C3H6NO4P/c5-1-2(3(6)7)4-9-8/h2,5H,1H2,(H,4,8)(H,6,7)/t2-/m0/s1. The Bertz CT molecular complexity index is 116. The number of hydrogen-bond acceptors (Lipinski definition) is 3. The van der Waals surface area contributed by atoms with E-state index in [9.17, 15) is 9.36 Å². The normalized spacial score (nSPS) is 13.4. The molecule has 0 fully saturated rings. The molecule has 52 valence electrons. The van der Waals surface area contributed by atoms with Crippen LogP contribution in [0, 0.1) is 0 Å². The Balaban J connectivity index is 3.67. The van der Waals surface area contributed by atoms with Crippen LogP contribution in [0.5, 0.6) is 0 Å². The van der Waals surface area contributed by atoms with Crippen LogP contribution in [-0.2, 0) is 9.36 Å². The van der Waals surface area contributed by atoms with Crippen molar-refractivity contribution in [1.29, 1.82) is 0 Å². The monoisotopic (exact) mass is 151 g/mol. The number of nitrogens with one attached hydrogen (secondary N) is 1. The lowest BCUT2D eigenvalue weighted by Gasteiger charge is -2.02. The zero-order chi connectivity index (χ0) is 7.28. The van der Waals surface area contributed by atoms with E-state index < -0.39 is 27.2 Å². The van der Waals surface area contributed by atoms with Crippen LogP contribution >= 0.6 is 8.61 Å². The minimum atomic E-state index is -1.22. The molecule has 0 spiro atoms. The number of carboxylic acid groups (broad SMARTS) is 1. The number of aliphatic hydroxyl groups is 1. The SMILES string of the molecule is O=PN[C@@H](CO)C(=O)O. The first-order valence-corrected chi connectivity index (χ1v) is 2.95. The van der Waals surface area contributed by atoms with Crippen LogP contribution in [0.4, 0.5) is 0 Å². The summed E-state index contributed by atoms with van der Waals surface area (Å²) in [6.07, 6.45) is 0. The van der Waals surface area contributed by atoms with Crippen molar-refractivity contribution >= 4 is 14.6 Å². The molecule has 0 amide bonds. The molecule has 0 unspecified atom stereocenters. The summed E-state index contributed by atoms with van der Waals surface area (Å²) in [5.41, 5.74) is 0. The van der Waals surface area contributed by atoms with Gasteiger partial charge in [-0.3, -0.25) is 9.36 Å². The molecule has 0 saturated carbocycles. The second-order valence-electron chi connectivity index (χ2n) is 1.29. The average Bonchev–Trinajstić information content (AvgIpc) is 1.82. The van der Waals surface area contributed by atoms with Crippen LogP contribution in [-0.4, -0.2) is 28.8 Å². The van der Waals surface area contributed by atoms with Crippen molar-refractivity contribution in [3.8, 4) is 0 Å². The first kappa shape index (κ1) is 8.49. The predicted octanol–water partition coefficient (Wildman–Crippen LogP) is -0.772. The lowest BCUT2D eigenvalue weighted by Crippen LogP contribution is -2.33. The number of hydrogen-bond donors (Lipinski definition) is 3. The summed E-state index contributed by atoms with van der Waals surface area (Å²) in [6, 6.07) is -1.14. The number of aliphatic carboxylic acids is 1. The predicted molar refractivity (Wildman–Crippen MR) is 29.3 cm³/mol. The summed E-state index contributed by atoms with van der Waals surface area (Å²) in [5.74, 6) is -1.22. The Labute approximate surface area is 52.9 Å². The van der Waals surface area contributed by atoms with E-state index in [-0.39, 0.29) is 0 Å². The molecule has 6 heteroatoms. The minimum Gasteiger partial charge on any atom is -0.480 e. The van der Waals surface area contributed by atoms with Crippen molar-refractivity contribution < 1.29 is 19.6 Å². The maximum absolute atomic E-state index is 9.95. The van der Waals surface area contributed by atoms with Crippen LogP contribution in [0.25, 0.3) is 0 Å². The van der Waals surface area contributed by atoms with E-state index in [1.54, 1.807) is 0 Å². The third-order valence-corrected chi connectivity index (χ3v) is 1.11. The fourth-order valence-electron chi connectivity index (χ4n) is 0.238. The van der Waals surface area contributed by atoms with Crippen LogP contribution in [0.15, 0.2) is 0 Å². The largest absolute Gasteiger partial charge is 0.480 e. The van der Waals surface area contributed by atoms with Crippen molar-refractivity contribution in [1.82, 2.24) is 5.09 Å². The Morgan fingerprint density at radius 3 is 2.44 bits per heavy atom. The third-order valence-electron chi connectivity index (χ3n) is 0.689. The Kier molecular flexibility index (Phi) is 4.13. The summed E-state index contributed by atoms with van der Waals surface area (Å²) in [5, 5.41) is 18.4. The summed E-state index contributed by atoms with van der Waals surface area (Å²) in [6.45, 7) is -0.565. The molecular weight excluding hydrogens is 145 g/mol. The van der Waals surface area contributed by atoms with Gasteiger partial charge in [-0.1, -0.05) is 0 Å². The average molecular weight is 151 g/mol. The van der Waals surface area contributed by atoms with Crippen molar-refractivity contribution in [3.63, 3.8) is 0 Å². The van der Waals surface area contributed by atoms with E-state index >= 15 is 0 Å². The topological polar surface area (TPSA) is 86.6 Å². The maximum Gasteiger partial charge on any atom is 0.323 e. The van der Waals surface area contributed by atoms with Gasteiger partial charge in [0.25, 0.3) is 0 Å². The summed E-state index contributed by atoms with van der Waals surface area (Å²) in [4.78, 5) is 9.95. The molecule has 0 rings (SSSR count). The molecule has 3 N–H and O–H groups in total. The van der Waals surface area contributed by atoms with E-state index in [1.807, 2.05) is 5.09 Å². The molecule has 0 aromatic carbocycles. The number of carboxylic acids is 1. The van der Waals surface area contributed by atoms with Gasteiger partial charge in [-0.15, -0.1) is 0 Å². The Morgan fingerprint density at radius 1 is 1.78 bits per heavy atom. The molecule has 0 aromatic rings. The van der Waals surface area contributed by atoms with Crippen LogP contribution in [0.1, 0.15) is 0 Å². The molecule has 0 aliphatic rings. The van der Waals surface area contributed by atoms with E-state index in [0.717, 1.165) is 0 Å². The first-order valence-electron chi connectivity index (χ1n) is 2.14. The van der Waals surface area contributed by atoms with E-state index in [1.165, 1.54) is 0 Å². The molecule has 5 nitrogen and oxygen atoms in total. The number of carbonyl (C=O) groups is 1. The van der Waals surface area contributed by atoms with Gasteiger partial charge in [0.05, 0.1) is 6.61 Å². The van der Waals surface area contributed by atoms with Gasteiger partial charge in [-0.25, -0.2) is 5.09 Å². The van der Waals surface area contributed by atoms with E-state index in [0.29, 0.717) is 0 Å². The summed E-state index contributed by atoms with van der Waals surface area (Å²) in [7, 11) is -0.491. The van der Waals surface area contributed by atoms with Crippen molar-refractivity contribution in [2.75, 3.05) is 6.61 Å². The van der Waals surface area contributed by atoms with E-state index in [2.05, 4.69) is 0 Å². The van der Waals surface area contributed by atoms with Crippen LogP contribution in [0.2, 0.25) is 0 Å². The van der Waals surface area contributed by atoms with Crippen LogP contribution < -0.4 is 5.09 Å². The van der Waals surface area contributed by atoms with Crippen molar-refractivity contribution in [2.45, 2.75) is 6.04 Å². The van der Waals surface area contributed by atoms with Gasteiger partial charge < -0.3 is 10.2 Å². The van der Waals surface area contributed by atoms with Gasteiger partial charge >= 0.3 is 5.97 Å². The van der Waals surface area contributed by atoms with Crippen LogP contribution in [0.3, 0.4) is 0 Å². The van der Waals surface area contributed by atoms with Gasteiger partial charge in [-0.05, 0) is 0 Å². The minimum absolute atomic E-state index is 0.491. The smallest absolute Gasteiger partial charge is 0.323 e. The zero-order valence-electron chi connectivity index (χ0n) is 4.44. The van der Waals surface area contributed by atoms with Gasteiger partial charge in [0, 0.05) is 0 Å². The molecule has 9 heavy (non-hydrogen) atoms. The number of rotatable bonds is 4. The molecule has 0 aliphatic carbocycles. The third kappa shape index (κ3) is 3.13. The highest BCUT2D eigenvalue weighted by atomic mass is 31.1. The van der Waals surface area contributed by atoms with Gasteiger partial charge in [0.15, 0.2) is 0 Å². The maximum atomic E-state index is 9.95. The van der Waals surface area contributed by atoms with Gasteiger partial charge in [0.1, 0.15) is 6.04 Å². The molecule has 0 bridgehead atoms. The van der Waals surface area contributed by atoms with Gasteiger partial charge in [0.2, 0.25) is 8.61 Å². The fraction of sp³-hybridized carbons (Fsp3) is 0.667. The highest BCUT2D eigenvalue weighted by Gasteiger charge is 2.13. The lowest BCUT2D eigenvalue weighted by atomic mass is 10.3. The molecule has 0 aromatic heterocycles. The lowest BCUT2D eigenvalue weighted by molar-refractivity contribution is -0.139.